The van der Waals surface area contributed by atoms with Crippen molar-refractivity contribution in [2.24, 2.45) is 5.73 Å². The van der Waals surface area contributed by atoms with Crippen LogP contribution in [0.3, 0.4) is 0 Å². The van der Waals surface area contributed by atoms with E-state index in [2.05, 4.69) is 4.98 Å². The quantitative estimate of drug-likeness (QED) is 0.158. The molecule has 33 heavy (non-hydrogen) atoms. The van der Waals surface area contributed by atoms with Gasteiger partial charge in [0, 0.05) is 33.7 Å². The van der Waals surface area contributed by atoms with Gasteiger partial charge in [0.15, 0.2) is 12.0 Å². The average Bonchev–Trinajstić information content (AvgIpc) is 3.27. The summed E-state index contributed by atoms with van der Waals surface area (Å²) in [4.78, 5) is 29.3. The number of carbonyl (C=O) groups excluding carboxylic acids is 2. The molecule has 2 N–H and O–H groups in total. The summed E-state index contributed by atoms with van der Waals surface area (Å²) in [5.41, 5.74) is 9.22. The molecule has 0 fully saturated rings. The number of ketones is 1. The Hall–Kier alpha value is -3.26. The molecule has 0 aliphatic heterocycles. The molecular weight excluding hydrogens is 460 g/mol. The molecule has 0 spiro atoms. The Morgan fingerprint density at radius 3 is 2.64 bits per heavy atom. The van der Waals surface area contributed by atoms with E-state index in [-0.39, 0.29) is 17.5 Å². The number of fused-ring (bicyclic) bond motifs is 1. The van der Waals surface area contributed by atoms with Gasteiger partial charge >= 0.3 is 5.97 Å². The van der Waals surface area contributed by atoms with E-state index in [4.69, 9.17) is 26.8 Å². The van der Waals surface area contributed by atoms with Crippen LogP contribution in [0.4, 0.5) is 0 Å². The first-order valence-corrected chi connectivity index (χ1v) is 11.5. The molecule has 0 saturated heterocycles. The van der Waals surface area contributed by atoms with Gasteiger partial charge < -0.3 is 9.47 Å². The van der Waals surface area contributed by atoms with Crippen molar-refractivity contribution in [3.63, 3.8) is 0 Å². The van der Waals surface area contributed by atoms with Crippen LogP contribution in [0.25, 0.3) is 10.1 Å². The van der Waals surface area contributed by atoms with Crippen LogP contribution in [0, 0.1) is 6.92 Å². The van der Waals surface area contributed by atoms with Crippen LogP contribution in [0.15, 0.2) is 60.1 Å². The number of thiophene rings is 1. The SMILES string of the molecule is CCOC(=O)c1cnc(Cl)c2c(C(N)Oc3cc(C(=O)c4ccccc4)ccc3C)csc12. The summed E-state index contributed by atoms with van der Waals surface area (Å²) in [7, 11) is 0. The third-order valence-corrected chi connectivity index (χ3v) is 6.44. The number of benzene rings is 2. The summed E-state index contributed by atoms with van der Waals surface area (Å²) >= 11 is 7.68. The van der Waals surface area contributed by atoms with Gasteiger partial charge in [0.1, 0.15) is 10.9 Å². The van der Waals surface area contributed by atoms with E-state index in [1.807, 2.05) is 31.2 Å². The Bertz CT molecular complexity index is 1340. The highest BCUT2D eigenvalue weighted by molar-refractivity contribution is 7.18. The molecule has 8 heteroatoms. The van der Waals surface area contributed by atoms with Crippen molar-refractivity contribution in [1.29, 1.82) is 0 Å². The summed E-state index contributed by atoms with van der Waals surface area (Å²) in [6.45, 7) is 3.86. The molecule has 0 bridgehead atoms. The molecule has 2 aromatic heterocycles. The molecule has 0 aliphatic rings. The van der Waals surface area contributed by atoms with Gasteiger partial charge in [-0.25, -0.2) is 9.78 Å². The van der Waals surface area contributed by atoms with Gasteiger partial charge in [-0.05, 0) is 25.5 Å². The van der Waals surface area contributed by atoms with Crippen LogP contribution in [-0.4, -0.2) is 23.3 Å². The predicted octanol–water partition coefficient (Wildman–Crippen LogP) is 5.70. The highest BCUT2D eigenvalue weighted by Crippen LogP contribution is 2.37. The van der Waals surface area contributed by atoms with E-state index in [1.165, 1.54) is 17.5 Å². The van der Waals surface area contributed by atoms with Crippen molar-refractivity contribution in [3.05, 3.63) is 93.1 Å². The average molecular weight is 481 g/mol. The third kappa shape index (κ3) is 4.61. The second-order valence-corrected chi connectivity index (χ2v) is 8.53. The molecule has 6 nitrogen and oxygen atoms in total. The molecule has 1 atom stereocenters. The number of esters is 1. The Balaban J connectivity index is 1.66. The Labute approximate surface area is 199 Å². The normalized spacial score (nSPS) is 11.9. The minimum atomic E-state index is -0.892. The number of rotatable bonds is 7. The molecule has 2 aromatic carbocycles. The second kappa shape index (κ2) is 9.70. The molecular formula is C25H21ClN2O4S. The number of hydrogen-bond acceptors (Lipinski definition) is 7. The Morgan fingerprint density at radius 2 is 1.91 bits per heavy atom. The maximum Gasteiger partial charge on any atom is 0.341 e. The zero-order valence-electron chi connectivity index (χ0n) is 18.0. The predicted molar refractivity (Wildman–Crippen MR) is 129 cm³/mol. The van der Waals surface area contributed by atoms with Crippen molar-refractivity contribution in [3.8, 4) is 5.75 Å². The van der Waals surface area contributed by atoms with Crippen LogP contribution in [-0.2, 0) is 4.74 Å². The van der Waals surface area contributed by atoms with Gasteiger partial charge in [0.25, 0.3) is 0 Å². The summed E-state index contributed by atoms with van der Waals surface area (Å²) in [6.07, 6.45) is 0.509. The first kappa shape index (κ1) is 22.9. The maximum absolute atomic E-state index is 12.8. The molecule has 0 aliphatic carbocycles. The number of carbonyl (C=O) groups is 2. The topological polar surface area (TPSA) is 91.5 Å². The largest absolute Gasteiger partial charge is 0.471 e. The van der Waals surface area contributed by atoms with E-state index in [9.17, 15) is 9.59 Å². The number of nitrogens with two attached hydrogens (primary N) is 1. The molecule has 0 amide bonds. The zero-order chi connectivity index (χ0) is 23.5. The van der Waals surface area contributed by atoms with Gasteiger partial charge in [-0.15, -0.1) is 11.3 Å². The third-order valence-electron chi connectivity index (χ3n) is 5.12. The molecule has 4 rings (SSSR count). The van der Waals surface area contributed by atoms with Crippen LogP contribution < -0.4 is 10.5 Å². The number of nitrogens with zero attached hydrogens (tertiary/aromatic N) is 1. The highest BCUT2D eigenvalue weighted by Gasteiger charge is 2.23. The first-order valence-electron chi connectivity index (χ1n) is 10.3. The van der Waals surface area contributed by atoms with Crippen molar-refractivity contribution in [2.75, 3.05) is 6.61 Å². The molecule has 1 unspecified atom stereocenters. The highest BCUT2D eigenvalue weighted by atomic mass is 35.5. The maximum atomic E-state index is 12.8. The number of halogens is 1. The standard InChI is InChI=1S/C25H21ClN2O4S/c1-3-31-25(30)17-12-28-23(26)20-18(13-33-22(17)20)24(27)32-19-11-16(10-9-14(19)2)21(29)15-7-5-4-6-8-15/h4-13,24H,3,27H2,1-2H3. The number of pyridine rings is 1. The monoisotopic (exact) mass is 480 g/mol. The van der Waals surface area contributed by atoms with E-state index >= 15 is 0 Å². The summed E-state index contributed by atoms with van der Waals surface area (Å²) in [6, 6.07) is 14.3. The zero-order valence-corrected chi connectivity index (χ0v) is 19.6. The van der Waals surface area contributed by atoms with Gasteiger partial charge in [0.05, 0.1) is 16.9 Å². The lowest BCUT2D eigenvalue weighted by Crippen LogP contribution is -2.18. The van der Waals surface area contributed by atoms with Crippen LogP contribution in [0.2, 0.25) is 5.15 Å². The van der Waals surface area contributed by atoms with E-state index in [1.54, 1.807) is 36.6 Å². The van der Waals surface area contributed by atoms with Crippen LogP contribution >= 0.6 is 22.9 Å². The number of aryl methyl sites for hydroxylation is 1. The molecule has 0 saturated carbocycles. The molecule has 168 valence electrons. The first-order chi connectivity index (χ1) is 15.9. The minimum Gasteiger partial charge on any atom is -0.471 e. The van der Waals surface area contributed by atoms with Gasteiger partial charge in [0.2, 0.25) is 0 Å². The molecule has 0 radical (unpaired) electrons. The number of ether oxygens (including phenoxy) is 2. The van der Waals surface area contributed by atoms with E-state index < -0.39 is 12.2 Å². The van der Waals surface area contributed by atoms with Gasteiger partial charge in [-0.2, -0.15) is 0 Å². The number of hydrogen-bond donors (Lipinski definition) is 1. The van der Waals surface area contributed by atoms with Crippen LogP contribution in [0.1, 0.15) is 50.6 Å². The van der Waals surface area contributed by atoms with Crippen molar-refractivity contribution in [1.82, 2.24) is 4.98 Å². The Morgan fingerprint density at radius 1 is 1.15 bits per heavy atom. The smallest absolute Gasteiger partial charge is 0.341 e. The van der Waals surface area contributed by atoms with Crippen molar-refractivity contribution in [2.45, 2.75) is 20.1 Å². The fourth-order valence-corrected chi connectivity index (χ4v) is 4.82. The lowest BCUT2D eigenvalue weighted by atomic mass is 10.0. The minimum absolute atomic E-state index is 0.110. The summed E-state index contributed by atoms with van der Waals surface area (Å²) in [5.74, 6) is -0.104. The Kier molecular flexibility index (Phi) is 6.74. The van der Waals surface area contributed by atoms with Crippen molar-refractivity contribution >= 4 is 44.8 Å². The summed E-state index contributed by atoms with van der Waals surface area (Å²) in [5, 5.41) is 2.56. The van der Waals surface area contributed by atoms with Gasteiger partial charge in [-0.1, -0.05) is 54.1 Å². The number of aromatic nitrogens is 1. The lowest BCUT2D eigenvalue weighted by Gasteiger charge is -2.17. The van der Waals surface area contributed by atoms with Crippen molar-refractivity contribution < 1.29 is 19.1 Å². The summed E-state index contributed by atoms with van der Waals surface area (Å²) < 4.78 is 11.8. The fraction of sp³-hybridized carbons (Fsp3) is 0.160. The van der Waals surface area contributed by atoms with Gasteiger partial charge in [-0.3, -0.25) is 10.5 Å². The molecule has 4 aromatic rings. The lowest BCUT2D eigenvalue weighted by molar-refractivity contribution is 0.0528. The molecule has 2 heterocycles. The fourth-order valence-electron chi connectivity index (χ4n) is 3.42. The van der Waals surface area contributed by atoms with Crippen LogP contribution in [0.5, 0.6) is 5.75 Å². The van der Waals surface area contributed by atoms with E-state index in [0.29, 0.717) is 38.1 Å². The second-order valence-electron chi connectivity index (χ2n) is 7.29. The van der Waals surface area contributed by atoms with E-state index in [0.717, 1.165) is 5.56 Å².